The molecule has 0 radical (unpaired) electrons. The second-order valence-electron chi connectivity index (χ2n) is 6.78. The van der Waals surface area contributed by atoms with Crippen LogP contribution in [0.25, 0.3) is 11.3 Å². The summed E-state index contributed by atoms with van der Waals surface area (Å²) < 4.78 is 5.22. The lowest BCUT2D eigenvalue weighted by molar-refractivity contribution is -0.118. The predicted molar refractivity (Wildman–Crippen MR) is 114 cm³/mol. The Bertz CT molecular complexity index is 955. The molecule has 1 saturated heterocycles. The molecule has 0 saturated carbocycles. The number of hydrogen-bond acceptors (Lipinski definition) is 6. The molecule has 1 N–H and O–H groups in total. The number of amides is 1. The van der Waals surface area contributed by atoms with Crippen molar-refractivity contribution in [2.24, 2.45) is 0 Å². The van der Waals surface area contributed by atoms with Crippen LogP contribution in [0.3, 0.4) is 0 Å². The Hall–Kier alpha value is -3.61. The Morgan fingerprint density at radius 1 is 0.966 bits per heavy atom. The number of piperazine rings is 1. The largest absolute Gasteiger partial charge is 0.497 e. The molecule has 0 aliphatic carbocycles. The molecule has 1 aliphatic rings. The van der Waals surface area contributed by atoms with E-state index in [0.717, 1.165) is 48.0 Å². The van der Waals surface area contributed by atoms with Gasteiger partial charge in [-0.05, 0) is 24.3 Å². The van der Waals surface area contributed by atoms with Gasteiger partial charge in [0.15, 0.2) is 0 Å². The third-order valence-corrected chi connectivity index (χ3v) is 4.92. The highest BCUT2D eigenvalue weighted by atomic mass is 16.5. The normalized spacial score (nSPS) is 13.8. The second kappa shape index (κ2) is 8.60. The highest BCUT2D eigenvalue weighted by Gasteiger charge is 2.18. The van der Waals surface area contributed by atoms with E-state index in [0.29, 0.717) is 19.0 Å². The highest BCUT2D eigenvalue weighted by Crippen LogP contribution is 2.26. The van der Waals surface area contributed by atoms with Crippen LogP contribution in [0.2, 0.25) is 0 Å². The number of ether oxygens (including phenoxy) is 1. The van der Waals surface area contributed by atoms with Crippen LogP contribution in [0.15, 0.2) is 60.7 Å². The standard InChI is InChI=1S/C22H23N5O2/c1-29-19-9-7-18(8-10-19)23-22-24-20(17-5-3-2-4-6-17)15-21(25-22)27-13-11-26(16-28)12-14-27/h2-10,15-16H,11-14H2,1H3,(H,23,24,25). The summed E-state index contributed by atoms with van der Waals surface area (Å²) in [5.74, 6) is 2.17. The van der Waals surface area contributed by atoms with Crippen LogP contribution in [-0.4, -0.2) is 54.6 Å². The van der Waals surface area contributed by atoms with E-state index in [1.54, 1.807) is 12.0 Å². The number of benzene rings is 2. The average molecular weight is 389 g/mol. The van der Waals surface area contributed by atoms with Crippen LogP contribution in [0.4, 0.5) is 17.5 Å². The highest BCUT2D eigenvalue weighted by molar-refractivity contribution is 5.67. The zero-order chi connectivity index (χ0) is 20.1. The van der Waals surface area contributed by atoms with Gasteiger partial charge in [0, 0.05) is 43.5 Å². The quantitative estimate of drug-likeness (QED) is 0.653. The van der Waals surface area contributed by atoms with Crippen LogP contribution >= 0.6 is 0 Å². The van der Waals surface area contributed by atoms with Gasteiger partial charge in [-0.1, -0.05) is 30.3 Å². The molecule has 4 rings (SSSR count). The summed E-state index contributed by atoms with van der Waals surface area (Å²) >= 11 is 0. The molecular formula is C22H23N5O2. The molecule has 2 heterocycles. The van der Waals surface area contributed by atoms with Crippen LogP contribution in [0.5, 0.6) is 5.75 Å². The molecule has 0 unspecified atom stereocenters. The Labute approximate surface area is 170 Å². The van der Waals surface area contributed by atoms with E-state index in [2.05, 4.69) is 10.2 Å². The van der Waals surface area contributed by atoms with Crippen LogP contribution in [0.1, 0.15) is 0 Å². The fourth-order valence-corrected chi connectivity index (χ4v) is 3.27. The number of carbonyl (C=O) groups is 1. The summed E-state index contributed by atoms with van der Waals surface area (Å²) in [6.07, 6.45) is 0.906. The van der Waals surface area contributed by atoms with Gasteiger partial charge in [-0.25, -0.2) is 4.98 Å². The number of carbonyl (C=O) groups excluding carboxylic acids is 1. The molecule has 7 heteroatoms. The van der Waals surface area contributed by atoms with E-state index in [1.807, 2.05) is 60.7 Å². The van der Waals surface area contributed by atoms with Crippen molar-refractivity contribution < 1.29 is 9.53 Å². The number of nitrogens with one attached hydrogen (secondary N) is 1. The van der Waals surface area contributed by atoms with E-state index in [4.69, 9.17) is 14.7 Å². The maximum absolute atomic E-state index is 11.0. The Morgan fingerprint density at radius 2 is 1.69 bits per heavy atom. The van der Waals surface area contributed by atoms with Crippen molar-refractivity contribution in [3.05, 3.63) is 60.7 Å². The van der Waals surface area contributed by atoms with Crippen LogP contribution < -0.4 is 15.0 Å². The Balaban J connectivity index is 1.65. The molecule has 2 aromatic carbocycles. The third kappa shape index (κ3) is 4.45. The molecular weight excluding hydrogens is 366 g/mol. The number of nitrogens with zero attached hydrogens (tertiary/aromatic N) is 4. The van der Waals surface area contributed by atoms with Gasteiger partial charge in [0.05, 0.1) is 12.8 Å². The molecule has 0 atom stereocenters. The van der Waals surface area contributed by atoms with E-state index in [1.165, 1.54) is 0 Å². The summed E-state index contributed by atoms with van der Waals surface area (Å²) in [6.45, 7) is 2.86. The summed E-state index contributed by atoms with van der Waals surface area (Å²) in [6, 6.07) is 19.7. The lowest BCUT2D eigenvalue weighted by Crippen LogP contribution is -2.46. The Kier molecular flexibility index (Phi) is 5.56. The SMILES string of the molecule is COc1ccc(Nc2nc(-c3ccccc3)cc(N3CCN(C=O)CC3)n2)cc1. The smallest absolute Gasteiger partial charge is 0.229 e. The number of methoxy groups -OCH3 is 1. The van der Waals surface area contributed by atoms with Gasteiger partial charge in [-0.2, -0.15) is 4.98 Å². The third-order valence-electron chi connectivity index (χ3n) is 4.92. The molecule has 3 aromatic rings. The Morgan fingerprint density at radius 3 is 2.34 bits per heavy atom. The van der Waals surface area contributed by atoms with Gasteiger partial charge in [0.2, 0.25) is 12.4 Å². The zero-order valence-corrected chi connectivity index (χ0v) is 16.3. The maximum atomic E-state index is 11.0. The van der Waals surface area contributed by atoms with Crippen molar-refractivity contribution in [2.75, 3.05) is 43.5 Å². The summed E-state index contributed by atoms with van der Waals surface area (Å²) in [5.41, 5.74) is 2.76. The van der Waals surface area contributed by atoms with E-state index in [-0.39, 0.29) is 0 Å². The molecule has 29 heavy (non-hydrogen) atoms. The fourth-order valence-electron chi connectivity index (χ4n) is 3.27. The fraction of sp³-hybridized carbons (Fsp3) is 0.227. The van der Waals surface area contributed by atoms with Crippen LogP contribution in [-0.2, 0) is 4.79 Å². The maximum Gasteiger partial charge on any atom is 0.229 e. The molecule has 1 fully saturated rings. The van der Waals surface area contributed by atoms with Gasteiger partial charge in [0.1, 0.15) is 11.6 Å². The first-order valence-electron chi connectivity index (χ1n) is 9.55. The van der Waals surface area contributed by atoms with Gasteiger partial charge >= 0.3 is 0 Å². The first kappa shape index (κ1) is 18.7. The van der Waals surface area contributed by atoms with Gasteiger partial charge in [0.25, 0.3) is 0 Å². The number of aromatic nitrogens is 2. The molecule has 7 nitrogen and oxygen atoms in total. The van der Waals surface area contributed by atoms with Crippen molar-refractivity contribution in [3.63, 3.8) is 0 Å². The number of hydrogen-bond donors (Lipinski definition) is 1. The van der Waals surface area contributed by atoms with Crippen molar-refractivity contribution >= 4 is 23.9 Å². The molecule has 148 valence electrons. The first-order chi connectivity index (χ1) is 14.2. The number of anilines is 3. The number of rotatable bonds is 6. The summed E-state index contributed by atoms with van der Waals surface area (Å²) in [4.78, 5) is 24.4. The van der Waals surface area contributed by atoms with Crippen molar-refractivity contribution in [1.82, 2.24) is 14.9 Å². The monoisotopic (exact) mass is 389 g/mol. The van der Waals surface area contributed by atoms with E-state index < -0.39 is 0 Å². The van der Waals surface area contributed by atoms with Crippen molar-refractivity contribution in [2.45, 2.75) is 0 Å². The topological polar surface area (TPSA) is 70.6 Å². The lowest BCUT2D eigenvalue weighted by atomic mass is 10.1. The molecule has 1 aromatic heterocycles. The van der Waals surface area contributed by atoms with E-state index in [9.17, 15) is 4.79 Å². The molecule has 0 spiro atoms. The van der Waals surface area contributed by atoms with Crippen molar-refractivity contribution in [3.8, 4) is 17.0 Å². The zero-order valence-electron chi connectivity index (χ0n) is 16.3. The minimum absolute atomic E-state index is 0.532. The van der Waals surface area contributed by atoms with Gasteiger partial charge < -0.3 is 19.9 Å². The molecule has 0 bridgehead atoms. The minimum atomic E-state index is 0.532. The predicted octanol–water partition coefficient (Wildman–Crippen LogP) is 3.17. The lowest BCUT2D eigenvalue weighted by Gasteiger charge is -2.33. The summed E-state index contributed by atoms with van der Waals surface area (Å²) in [7, 11) is 1.64. The average Bonchev–Trinajstić information content (AvgIpc) is 2.80. The van der Waals surface area contributed by atoms with Crippen LogP contribution in [0, 0.1) is 0 Å². The first-order valence-corrected chi connectivity index (χ1v) is 9.55. The minimum Gasteiger partial charge on any atom is -0.497 e. The van der Waals surface area contributed by atoms with Gasteiger partial charge in [-0.3, -0.25) is 4.79 Å². The van der Waals surface area contributed by atoms with E-state index >= 15 is 0 Å². The molecule has 1 aliphatic heterocycles. The van der Waals surface area contributed by atoms with Crippen molar-refractivity contribution in [1.29, 1.82) is 0 Å². The van der Waals surface area contributed by atoms with Gasteiger partial charge in [-0.15, -0.1) is 0 Å². The summed E-state index contributed by atoms with van der Waals surface area (Å²) in [5, 5.41) is 3.29. The second-order valence-corrected chi connectivity index (χ2v) is 6.78. The molecule has 1 amide bonds.